The molecule has 0 saturated heterocycles. The third-order valence-corrected chi connectivity index (χ3v) is 3.64. The third-order valence-electron chi connectivity index (χ3n) is 1.77. The van der Waals surface area contributed by atoms with Crippen LogP contribution in [-0.2, 0) is 19.8 Å². The van der Waals surface area contributed by atoms with Crippen LogP contribution in [0, 0.1) is 0 Å². The topological polar surface area (TPSA) is 68.4 Å². The van der Waals surface area contributed by atoms with Gasteiger partial charge in [-0.3, -0.25) is 9.36 Å². The number of H-pyrrole nitrogens is 1. The molecular formula is C8H12NO4P. The Labute approximate surface area is 81.6 Å². The average molecular weight is 217 g/mol. The summed E-state index contributed by atoms with van der Waals surface area (Å²) in [5.74, 6) is 0. The molecule has 0 spiro atoms. The average Bonchev–Trinajstić information content (AvgIpc) is 2.18. The van der Waals surface area contributed by atoms with Crippen LogP contribution in [0.25, 0.3) is 0 Å². The van der Waals surface area contributed by atoms with Crippen molar-refractivity contribution in [3.05, 3.63) is 34.2 Å². The van der Waals surface area contributed by atoms with Crippen LogP contribution >= 0.6 is 7.60 Å². The maximum absolute atomic E-state index is 11.7. The first-order chi connectivity index (χ1) is 6.59. The lowest BCUT2D eigenvalue weighted by Gasteiger charge is -2.12. The van der Waals surface area contributed by atoms with Crippen LogP contribution in [0.15, 0.2) is 23.1 Å². The van der Waals surface area contributed by atoms with Crippen LogP contribution in [0.4, 0.5) is 0 Å². The van der Waals surface area contributed by atoms with Gasteiger partial charge in [0.1, 0.15) is 0 Å². The SMILES string of the molecule is COP(=O)(Cc1cc[nH]c(=O)c1)OC. The quantitative estimate of drug-likeness (QED) is 0.773. The monoisotopic (exact) mass is 217 g/mol. The summed E-state index contributed by atoms with van der Waals surface area (Å²) in [5, 5.41) is 0. The van der Waals surface area contributed by atoms with E-state index in [0.717, 1.165) is 0 Å². The van der Waals surface area contributed by atoms with Crippen molar-refractivity contribution in [1.82, 2.24) is 4.98 Å². The molecule has 1 N–H and O–H groups in total. The van der Waals surface area contributed by atoms with E-state index >= 15 is 0 Å². The van der Waals surface area contributed by atoms with Crippen molar-refractivity contribution < 1.29 is 13.6 Å². The Hall–Kier alpha value is -0.900. The highest BCUT2D eigenvalue weighted by molar-refractivity contribution is 7.52. The summed E-state index contributed by atoms with van der Waals surface area (Å²) in [7, 11) is -0.442. The summed E-state index contributed by atoms with van der Waals surface area (Å²) < 4.78 is 21.2. The Bertz CT molecular complexity index is 392. The lowest BCUT2D eigenvalue weighted by molar-refractivity contribution is 0.275. The van der Waals surface area contributed by atoms with Crippen LogP contribution < -0.4 is 5.56 Å². The molecule has 1 heterocycles. The molecule has 1 aromatic rings. The fourth-order valence-corrected chi connectivity index (χ4v) is 2.07. The second-order valence-electron chi connectivity index (χ2n) is 2.70. The molecule has 0 aliphatic carbocycles. The summed E-state index contributed by atoms with van der Waals surface area (Å²) >= 11 is 0. The molecule has 0 fully saturated rings. The van der Waals surface area contributed by atoms with Gasteiger partial charge in [0.25, 0.3) is 0 Å². The second-order valence-corrected chi connectivity index (χ2v) is 4.96. The Morgan fingerprint density at radius 1 is 1.43 bits per heavy atom. The van der Waals surface area contributed by atoms with Crippen molar-refractivity contribution in [2.75, 3.05) is 14.2 Å². The first-order valence-corrected chi connectivity index (χ1v) is 5.70. The van der Waals surface area contributed by atoms with Gasteiger partial charge in [0, 0.05) is 26.5 Å². The zero-order chi connectivity index (χ0) is 10.6. The minimum Gasteiger partial charge on any atom is -0.329 e. The Balaban J connectivity index is 2.88. The minimum atomic E-state index is -3.08. The van der Waals surface area contributed by atoms with Crippen molar-refractivity contribution in [2.24, 2.45) is 0 Å². The number of hydrogen-bond donors (Lipinski definition) is 1. The molecule has 0 atom stereocenters. The van der Waals surface area contributed by atoms with E-state index in [-0.39, 0.29) is 11.7 Å². The van der Waals surface area contributed by atoms with Crippen LogP contribution in [0.5, 0.6) is 0 Å². The Kier molecular flexibility index (Phi) is 3.63. The molecule has 0 bridgehead atoms. The van der Waals surface area contributed by atoms with Gasteiger partial charge in [0.05, 0.1) is 6.16 Å². The van der Waals surface area contributed by atoms with Gasteiger partial charge in [-0.15, -0.1) is 0 Å². The summed E-state index contributed by atoms with van der Waals surface area (Å²) in [5.41, 5.74) is 0.391. The lowest BCUT2D eigenvalue weighted by Crippen LogP contribution is -2.04. The number of nitrogens with one attached hydrogen (secondary N) is 1. The van der Waals surface area contributed by atoms with E-state index in [0.29, 0.717) is 5.56 Å². The van der Waals surface area contributed by atoms with Crippen LogP contribution in [0.3, 0.4) is 0 Å². The highest BCUT2D eigenvalue weighted by atomic mass is 31.2. The van der Waals surface area contributed by atoms with Gasteiger partial charge >= 0.3 is 7.60 Å². The summed E-state index contributed by atoms with van der Waals surface area (Å²) in [4.78, 5) is 13.4. The molecule has 6 heteroatoms. The predicted octanol–water partition coefficient (Wildman–Crippen LogP) is 1.36. The molecule has 0 radical (unpaired) electrons. The largest absolute Gasteiger partial charge is 0.334 e. The van der Waals surface area contributed by atoms with Gasteiger partial charge in [0.2, 0.25) is 5.56 Å². The standard InChI is InChI=1S/C8H12NO4P/c1-12-14(11,13-2)6-7-3-4-9-8(10)5-7/h3-5H,6H2,1-2H3,(H,9,10). The second kappa shape index (κ2) is 4.55. The molecule has 0 saturated carbocycles. The van der Waals surface area contributed by atoms with E-state index in [1.54, 1.807) is 6.07 Å². The van der Waals surface area contributed by atoms with Crippen molar-refractivity contribution in [3.63, 3.8) is 0 Å². The fraction of sp³-hybridized carbons (Fsp3) is 0.375. The normalized spacial score (nSPS) is 11.6. The minimum absolute atomic E-state index is 0.101. The smallest absolute Gasteiger partial charge is 0.329 e. The zero-order valence-electron chi connectivity index (χ0n) is 8.02. The van der Waals surface area contributed by atoms with E-state index in [2.05, 4.69) is 4.98 Å². The number of rotatable bonds is 4. The molecule has 0 amide bonds. The predicted molar refractivity (Wildman–Crippen MR) is 52.4 cm³/mol. The molecule has 78 valence electrons. The molecule has 5 nitrogen and oxygen atoms in total. The van der Waals surface area contributed by atoms with Gasteiger partial charge < -0.3 is 14.0 Å². The summed E-state index contributed by atoms with van der Waals surface area (Å²) in [6.45, 7) is 0. The summed E-state index contributed by atoms with van der Waals surface area (Å²) in [6.07, 6.45) is 1.59. The maximum Gasteiger partial charge on any atom is 0.334 e. The first kappa shape index (κ1) is 11.2. The fourth-order valence-electron chi connectivity index (χ4n) is 1.01. The van der Waals surface area contributed by atoms with E-state index < -0.39 is 7.60 Å². The number of aromatic nitrogens is 1. The van der Waals surface area contributed by atoms with Gasteiger partial charge in [0.15, 0.2) is 0 Å². The lowest BCUT2D eigenvalue weighted by atomic mass is 10.3. The van der Waals surface area contributed by atoms with E-state index in [9.17, 15) is 9.36 Å². The van der Waals surface area contributed by atoms with Crippen LogP contribution in [0.2, 0.25) is 0 Å². The number of hydrogen-bond acceptors (Lipinski definition) is 4. The summed E-state index contributed by atoms with van der Waals surface area (Å²) in [6, 6.07) is 3.02. The number of pyridine rings is 1. The van der Waals surface area contributed by atoms with Gasteiger partial charge in [-0.05, 0) is 11.6 Å². The van der Waals surface area contributed by atoms with Gasteiger partial charge in [-0.25, -0.2) is 0 Å². The maximum atomic E-state index is 11.7. The molecule has 14 heavy (non-hydrogen) atoms. The number of aromatic amines is 1. The van der Waals surface area contributed by atoms with E-state index in [1.807, 2.05) is 0 Å². The van der Waals surface area contributed by atoms with Crippen LogP contribution in [0.1, 0.15) is 5.56 Å². The Morgan fingerprint density at radius 3 is 2.57 bits per heavy atom. The highest BCUT2D eigenvalue weighted by Crippen LogP contribution is 2.49. The van der Waals surface area contributed by atoms with Gasteiger partial charge in [-0.1, -0.05) is 0 Å². The molecule has 0 aliphatic heterocycles. The third kappa shape index (κ3) is 2.80. The zero-order valence-corrected chi connectivity index (χ0v) is 8.91. The molecule has 0 aliphatic rings. The molecule has 0 aromatic carbocycles. The van der Waals surface area contributed by atoms with E-state index in [1.165, 1.54) is 26.5 Å². The van der Waals surface area contributed by atoms with Crippen LogP contribution in [-0.4, -0.2) is 19.2 Å². The molecule has 0 unspecified atom stereocenters. The first-order valence-electron chi connectivity index (χ1n) is 3.98. The molecule has 1 aromatic heterocycles. The van der Waals surface area contributed by atoms with Crippen molar-refractivity contribution >= 4 is 7.60 Å². The molecule has 1 rings (SSSR count). The van der Waals surface area contributed by atoms with Crippen molar-refractivity contribution in [1.29, 1.82) is 0 Å². The van der Waals surface area contributed by atoms with Crippen molar-refractivity contribution in [2.45, 2.75) is 6.16 Å². The van der Waals surface area contributed by atoms with Crippen molar-refractivity contribution in [3.8, 4) is 0 Å². The Morgan fingerprint density at radius 2 is 2.07 bits per heavy atom. The van der Waals surface area contributed by atoms with E-state index in [4.69, 9.17) is 9.05 Å². The highest BCUT2D eigenvalue weighted by Gasteiger charge is 2.21. The molecular weight excluding hydrogens is 205 g/mol. The van der Waals surface area contributed by atoms with Gasteiger partial charge in [-0.2, -0.15) is 0 Å².